The number of hydrogen-bond donors (Lipinski definition) is 0. The third-order valence-corrected chi connectivity index (χ3v) is 4.34. The maximum Gasteiger partial charge on any atom is 0.185 e. The van der Waals surface area contributed by atoms with Crippen molar-refractivity contribution in [3.63, 3.8) is 0 Å². The van der Waals surface area contributed by atoms with Gasteiger partial charge >= 0.3 is 0 Å². The fraction of sp³-hybridized carbons (Fsp3) is 1.00. The van der Waals surface area contributed by atoms with Gasteiger partial charge in [0.2, 0.25) is 0 Å². The second-order valence-electron chi connectivity index (χ2n) is 5.73. The van der Waals surface area contributed by atoms with Crippen molar-refractivity contribution in [3.8, 4) is 0 Å². The predicted molar refractivity (Wildman–Crippen MR) is 67.7 cm³/mol. The minimum absolute atomic E-state index is 1.04. The zero-order valence-electron chi connectivity index (χ0n) is 10.4. The van der Waals surface area contributed by atoms with E-state index in [-0.39, 0.29) is 0 Å². The van der Waals surface area contributed by atoms with Gasteiger partial charge in [-0.2, -0.15) is 0 Å². The zero-order valence-corrected chi connectivity index (χ0v) is 10.4. The summed E-state index contributed by atoms with van der Waals surface area (Å²) in [5.74, 6) is 2.07. The van der Waals surface area contributed by atoms with Crippen LogP contribution in [-0.2, 0) is 0 Å². The van der Waals surface area contributed by atoms with E-state index in [9.17, 15) is 0 Å². The van der Waals surface area contributed by atoms with Gasteiger partial charge in [0.05, 0.1) is 0 Å². The van der Waals surface area contributed by atoms with Crippen molar-refractivity contribution in [1.82, 2.24) is 9.71 Å². The van der Waals surface area contributed by atoms with Crippen molar-refractivity contribution >= 4 is 7.98 Å². The molecule has 0 aromatic carbocycles. The monoisotopic (exact) mass is 208 g/mol. The largest absolute Gasteiger partial charge is 0.349 e. The highest BCUT2D eigenvalue weighted by molar-refractivity contribution is 6.04. The highest BCUT2D eigenvalue weighted by Crippen LogP contribution is 2.28. The Hall–Kier alpha value is -0.0151. The van der Waals surface area contributed by atoms with E-state index in [1.54, 1.807) is 0 Å². The van der Waals surface area contributed by atoms with Crippen LogP contribution in [0.15, 0.2) is 0 Å². The second-order valence-corrected chi connectivity index (χ2v) is 5.73. The quantitative estimate of drug-likeness (QED) is 0.624. The summed E-state index contributed by atoms with van der Waals surface area (Å²) in [5, 5.41) is 0. The standard InChI is InChI=1S/C12H25BN2/c1-14-6-2-11(3-7-14)10-12-4-8-15(13)9-5-12/h11-12H,2-10,13H2,1H3. The highest BCUT2D eigenvalue weighted by Gasteiger charge is 2.23. The average molecular weight is 208 g/mol. The minimum Gasteiger partial charge on any atom is -0.349 e. The molecule has 2 aliphatic heterocycles. The van der Waals surface area contributed by atoms with Crippen LogP contribution in [0.3, 0.4) is 0 Å². The predicted octanol–water partition coefficient (Wildman–Crippen LogP) is 0.978. The molecule has 3 heteroatoms. The van der Waals surface area contributed by atoms with Crippen LogP contribution in [0.4, 0.5) is 0 Å². The molecule has 0 aromatic heterocycles. The highest BCUT2D eigenvalue weighted by atomic mass is 15.1. The van der Waals surface area contributed by atoms with Crippen LogP contribution in [0.2, 0.25) is 0 Å². The summed E-state index contributed by atoms with van der Waals surface area (Å²) in [6, 6.07) is 0. The van der Waals surface area contributed by atoms with Crippen molar-refractivity contribution in [2.24, 2.45) is 11.8 Å². The molecule has 2 rings (SSSR count). The smallest absolute Gasteiger partial charge is 0.185 e. The summed E-state index contributed by atoms with van der Waals surface area (Å²) in [7, 11) is 4.51. The summed E-state index contributed by atoms with van der Waals surface area (Å²) < 4.78 is 0. The lowest BCUT2D eigenvalue weighted by atomic mass is 9.82. The Kier molecular flexibility index (Phi) is 4.09. The van der Waals surface area contributed by atoms with Gasteiger partial charge in [-0.05, 0) is 77.2 Å². The maximum absolute atomic E-state index is 2.48. The molecule has 2 fully saturated rings. The van der Waals surface area contributed by atoms with E-state index >= 15 is 0 Å². The number of likely N-dealkylation sites (tertiary alicyclic amines) is 1. The normalized spacial score (nSPS) is 28.3. The molecule has 0 aliphatic carbocycles. The summed E-state index contributed by atoms with van der Waals surface area (Å²) in [5.41, 5.74) is 0. The number of piperidine rings is 2. The lowest BCUT2D eigenvalue weighted by Crippen LogP contribution is -2.34. The molecule has 0 N–H and O–H groups in total. The molecule has 2 aliphatic rings. The first kappa shape index (κ1) is 11.5. The fourth-order valence-electron chi connectivity index (χ4n) is 3.07. The van der Waals surface area contributed by atoms with Gasteiger partial charge < -0.3 is 9.71 Å². The second kappa shape index (κ2) is 5.35. The molecule has 2 heterocycles. The molecule has 2 saturated heterocycles. The van der Waals surface area contributed by atoms with Gasteiger partial charge in [-0.3, -0.25) is 0 Å². The summed E-state index contributed by atoms with van der Waals surface area (Å²) >= 11 is 0. The van der Waals surface area contributed by atoms with E-state index in [1.165, 1.54) is 58.3 Å². The lowest BCUT2D eigenvalue weighted by molar-refractivity contribution is 0.172. The van der Waals surface area contributed by atoms with Crippen molar-refractivity contribution in [1.29, 1.82) is 0 Å². The lowest BCUT2D eigenvalue weighted by Gasteiger charge is -2.34. The third kappa shape index (κ3) is 3.49. The van der Waals surface area contributed by atoms with E-state index in [2.05, 4.69) is 24.7 Å². The third-order valence-electron chi connectivity index (χ3n) is 4.34. The Bertz CT molecular complexity index is 162. The first-order valence-corrected chi connectivity index (χ1v) is 6.61. The van der Waals surface area contributed by atoms with Gasteiger partial charge in [0.15, 0.2) is 7.98 Å². The van der Waals surface area contributed by atoms with Crippen LogP contribution in [0.1, 0.15) is 32.1 Å². The SMILES string of the molecule is BN1CCC(CC2CCN(C)CC2)CC1. The molecule has 0 radical (unpaired) electrons. The van der Waals surface area contributed by atoms with Crippen molar-refractivity contribution in [2.45, 2.75) is 32.1 Å². The number of hydrogen-bond acceptors (Lipinski definition) is 2. The topological polar surface area (TPSA) is 6.48 Å². The Balaban J connectivity index is 1.68. The van der Waals surface area contributed by atoms with Crippen LogP contribution in [0.25, 0.3) is 0 Å². The number of rotatable bonds is 2. The van der Waals surface area contributed by atoms with Gasteiger partial charge in [0.1, 0.15) is 0 Å². The van der Waals surface area contributed by atoms with Crippen LogP contribution >= 0.6 is 0 Å². The van der Waals surface area contributed by atoms with Gasteiger partial charge in [-0.1, -0.05) is 0 Å². The molecule has 15 heavy (non-hydrogen) atoms. The Labute approximate surface area is 95.4 Å². The molecule has 0 spiro atoms. The first-order valence-electron chi connectivity index (χ1n) is 6.61. The maximum atomic E-state index is 2.48. The van der Waals surface area contributed by atoms with Crippen molar-refractivity contribution in [3.05, 3.63) is 0 Å². The Morgan fingerprint density at radius 1 is 0.933 bits per heavy atom. The molecular formula is C12H25BN2. The van der Waals surface area contributed by atoms with Gasteiger partial charge in [0, 0.05) is 0 Å². The summed E-state index contributed by atoms with van der Waals surface area (Å²) in [4.78, 5) is 4.95. The molecule has 0 aromatic rings. The van der Waals surface area contributed by atoms with Crippen LogP contribution in [0, 0.1) is 11.8 Å². The zero-order chi connectivity index (χ0) is 10.7. The molecular weight excluding hydrogens is 183 g/mol. The Morgan fingerprint density at radius 2 is 1.40 bits per heavy atom. The van der Waals surface area contributed by atoms with Crippen molar-refractivity contribution in [2.75, 3.05) is 33.2 Å². The van der Waals surface area contributed by atoms with Gasteiger partial charge in [-0.25, -0.2) is 0 Å². The molecule has 0 saturated carbocycles. The minimum atomic E-state index is 1.04. The summed E-state index contributed by atoms with van der Waals surface area (Å²) in [6.45, 7) is 5.32. The van der Waals surface area contributed by atoms with Gasteiger partial charge in [-0.15, -0.1) is 0 Å². The van der Waals surface area contributed by atoms with Crippen LogP contribution in [-0.4, -0.2) is 50.9 Å². The first-order chi connectivity index (χ1) is 7.24. The summed E-state index contributed by atoms with van der Waals surface area (Å²) in [6.07, 6.45) is 7.30. The molecule has 0 unspecified atom stereocenters. The average Bonchev–Trinajstić information content (AvgIpc) is 2.25. The molecule has 86 valence electrons. The molecule has 0 bridgehead atoms. The van der Waals surface area contributed by atoms with Crippen molar-refractivity contribution < 1.29 is 0 Å². The fourth-order valence-corrected chi connectivity index (χ4v) is 3.07. The molecule has 0 atom stereocenters. The molecule has 2 nitrogen and oxygen atoms in total. The van der Waals surface area contributed by atoms with E-state index < -0.39 is 0 Å². The van der Waals surface area contributed by atoms with E-state index in [0.717, 1.165) is 11.8 Å². The molecule has 0 amide bonds. The van der Waals surface area contributed by atoms with Gasteiger partial charge in [0.25, 0.3) is 0 Å². The van der Waals surface area contributed by atoms with Crippen LogP contribution < -0.4 is 0 Å². The number of nitrogens with zero attached hydrogens (tertiary/aromatic N) is 2. The van der Waals surface area contributed by atoms with Crippen LogP contribution in [0.5, 0.6) is 0 Å². The van der Waals surface area contributed by atoms with E-state index in [1.807, 2.05) is 0 Å². The Morgan fingerprint density at radius 3 is 1.93 bits per heavy atom. The van der Waals surface area contributed by atoms with E-state index in [4.69, 9.17) is 0 Å². The van der Waals surface area contributed by atoms with E-state index in [0.29, 0.717) is 0 Å².